The van der Waals surface area contributed by atoms with Gasteiger partial charge in [0.25, 0.3) is 0 Å². The number of piperazine rings is 1. The van der Waals surface area contributed by atoms with Gasteiger partial charge in [0.05, 0.1) is 12.6 Å². The van der Waals surface area contributed by atoms with Gasteiger partial charge >= 0.3 is 6.09 Å². The van der Waals surface area contributed by atoms with E-state index in [-0.39, 0.29) is 17.9 Å². The summed E-state index contributed by atoms with van der Waals surface area (Å²) in [5.41, 5.74) is 0. The van der Waals surface area contributed by atoms with E-state index in [0.717, 1.165) is 25.9 Å². The number of carbonyl (C=O) groups excluding carboxylic acids is 2. The van der Waals surface area contributed by atoms with Gasteiger partial charge in [0.1, 0.15) is 5.78 Å². The Kier molecular flexibility index (Phi) is 6.12. The van der Waals surface area contributed by atoms with Crippen LogP contribution in [0, 0.1) is 0 Å². The maximum Gasteiger partial charge on any atom is 0.409 e. The molecule has 1 heterocycles. The number of nitrogens with zero attached hydrogens (tertiary/aromatic N) is 2. The van der Waals surface area contributed by atoms with Gasteiger partial charge in [-0.15, -0.1) is 0 Å². The third kappa shape index (κ3) is 4.29. The van der Waals surface area contributed by atoms with Crippen LogP contribution >= 0.6 is 0 Å². The summed E-state index contributed by atoms with van der Waals surface area (Å²) in [6, 6.07) is -0.0525. The molecule has 1 aliphatic heterocycles. The van der Waals surface area contributed by atoms with Gasteiger partial charge in [-0.2, -0.15) is 0 Å². The molecular formula is C13H24N2O3. The van der Waals surface area contributed by atoms with Gasteiger partial charge in [0.2, 0.25) is 0 Å². The van der Waals surface area contributed by atoms with Gasteiger partial charge in [-0.25, -0.2) is 4.79 Å². The molecule has 0 spiro atoms. The Bertz CT molecular complexity index is 286. The molecule has 0 bridgehead atoms. The van der Waals surface area contributed by atoms with Crippen LogP contribution in [-0.2, 0) is 9.53 Å². The van der Waals surface area contributed by atoms with E-state index in [1.165, 1.54) is 0 Å². The minimum Gasteiger partial charge on any atom is -0.449 e. The number of hydrogen-bond donors (Lipinski definition) is 0. The summed E-state index contributed by atoms with van der Waals surface area (Å²) in [6.07, 6.45) is 1.71. The topological polar surface area (TPSA) is 49.9 Å². The van der Waals surface area contributed by atoms with Gasteiger partial charge in [0.15, 0.2) is 0 Å². The lowest BCUT2D eigenvalue weighted by molar-refractivity contribution is -0.122. The summed E-state index contributed by atoms with van der Waals surface area (Å²) in [6.45, 7) is 8.85. The van der Waals surface area contributed by atoms with Crippen molar-refractivity contribution >= 4 is 11.9 Å². The molecule has 1 amide bonds. The van der Waals surface area contributed by atoms with Crippen molar-refractivity contribution in [3.8, 4) is 0 Å². The van der Waals surface area contributed by atoms with Crippen LogP contribution in [-0.4, -0.2) is 60.5 Å². The van der Waals surface area contributed by atoms with Crippen LogP contribution in [0.2, 0.25) is 0 Å². The maximum absolute atomic E-state index is 11.7. The third-order valence-electron chi connectivity index (χ3n) is 3.43. The summed E-state index contributed by atoms with van der Waals surface area (Å²) >= 11 is 0. The molecule has 1 saturated heterocycles. The predicted molar refractivity (Wildman–Crippen MR) is 69.5 cm³/mol. The van der Waals surface area contributed by atoms with Gasteiger partial charge in [-0.05, 0) is 20.3 Å². The Hall–Kier alpha value is -1.10. The van der Waals surface area contributed by atoms with Crippen LogP contribution in [0.25, 0.3) is 0 Å². The highest BCUT2D eigenvalue weighted by Crippen LogP contribution is 2.08. The number of amides is 1. The van der Waals surface area contributed by atoms with Crippen molar-refractivity contribution in [1.29, 1.82) is 0 Å². The lowest BCUT2D eigenvalue weighted by Gasteiger charge is -2.36. The summed E-state index contributed by atoms with van der Waals surface area (Å²) in [5, 5.41) is 0. The van der Waals surface area contributed by atoms with Gasteiger partial charge in [0, 0.05) is 26.2 Å². The third-order valence-corrected chi connectivity index (χ3v) is 3.43. The molecule has 0 aliphatic carbocycles. The first-order chi connectivity index (χ1) is 8.56. The second kappa shape index (κ2) is 7.36. The van der Waals surface area contributed by atoms with Crippen molar-refractivity contribution < 1.29 is 14.3 Å². The first-order valence-electron chi connectivity index (χ1n) is 6.72. The molecule has 18 heavy (non-hydrogen) atoms. The van der Waals surface area contributed by atoms with Crippen LogP contribution in [0.4, 0.5) is 4.79 Å². The number of unbranched alkanes of at least 4 members (excludes halogenated alkanes) is 1. The van der Waals surface area contributed by atoms with Crippen LogP contribution < -0.4 is 0 Å². The molecule has 5 nitrogen and oxygen atoms in total. The highest BCUT2D eigenvalue weighted by atomic mass is 16.6. The number of hydrogen-bond acceptors (Lipinski definition) is 4. The maximum atomic E-state index is 11.7. The Labute approximate surface area is 109 Å². The van der Waals surface area contributed by atoms with Crippen molar-refractivity contribution in [3.63, 3.8) is 0 Å². The monoisotopic (exact) mass is 256 g/mol. The Balaban J connectivity index is 2.30. The predicted octanol–water partition coefficient (Wildman–Crippen LogP) is 1.52. The number of ketones is 1. The zero-order valence-electron chi connectivity index (χ0n) is 11.6. The molecule has 0 aromatic carbocycles. The lowest BCUT2D eigenvalue weighted by Crippen LogP contribution is -2.52. The molecule has 104 valence electrons. The van der Waals surface area contributed by atoms with Crippen LogP contribution in [0.1, 0.15) is 33.6 Å². The van der Waals surface area contributed by atoms with Crippen molar-refractivity contribution in [2.45, 2.75) is 39.7 Å². The van der Waals surface area contributed by atoms with Crippen LogP contribution in [0.3, 0.4) is 0 Å². The highest BCUT2D eigenvalue weighted by molar-refractivity contribution is 5.81. The number of carbonyl (C=O) groups is 2. The molecule has 1 fully saturated rings. The van der Waals surface area contributed by atoms with Crippen LogP contribution in [0.5, 0.6) is 0 Å². The van der Waals surface area contributed by atoms with E-state index in [2.05, 4.69) is 11.8 Å². The average molecular weight is 256 g/mol. The van der Waals surface area contributed by atoms with E-state index >= 15 is 0 Å². The van der Waals surface area contributed by atoms with E-state index in [9.17, 15) is 9.59 Å². The Morgan fingerprint density at radius 1 is 1.22 bits per heavy atom. The molecule has 1 aliphatic rings. The largest absolute Gasteiger partial charge is 0.449 e. The molecule has 0 radical (unpaired) electrons. The van der Waals surface area contributed by atoms with E-state index < -0.39 is 0 Å². The zero-order chi connectivity index (χ0) is 13.5. The molecule has 1 unspecified atom stereocenters. The van der Waals surface area contributed by atoms with Crippen LogP contribution in [0.15, 0.2) is 0 Å². The minimum atomic E-state index is -0.224. The zero-order valence-corrected chi connectivity index (χ0v) is 11.6. The minimum absolute atomic E-state index is 0.0525. The standard InChI is InChI=1S/C13H24N2O3/c1-4-5-10-18-13(17)15-8-6-14(7-9-15)11(2)12(3)16/h11H,4-10H2,1-3H3. The molecule has 5 heteroatoms. The van der Waals surface area contributed by atoms with E-state index in [0.29, 0.717) is 19.7 Å². The normalized spacial score (nSPS) is 18.5. The Morgan fingerprint density at radius 2 is 1.83 bits per heavy atom. The van der Waals surface area contributed by atoms with Crippen molar-refractivity contribution in [1.82, 2.24) is 9.80 Å². The molecular weight excluding hydrogens is 232 g/mol. The summed E-state index contributed by atoms with van der Waals surface area (Å²) in [7, 11) is 0. The molecule has 1 atom stereocenters. The van der Waals surface area contributed by atoms with Crippen molar-refractivity contribution in [2.75, 3.05) is 32.8 Å². The number of rotatable bonds is 5. The molecule has 0 N–H and O–H groups in total. The SMILES string of the molecule is CCCCOC(=O)N1CCN(C(C)C(C)=O)CC1. The first-order valence-corrected chi connectivity index (χ1v) is 6.72. The quantitative estimate of drug-likeness (QED) is 0.700. The second-order valence-electron chi connectivity index (χ2n) is 4.78. The molecule has 0 aromatic rings. The molecule has 0 aromatic heterocycles. The smallest absolute Gasteiger partial charge is 0.409 e. The van der Waals surface area contributed by atoms with E-state index in [1.54, 1.807) is 11.8 Å². The first kappa shape index (κ1) is 15.0. The fraction of sp³-hybridized carbons (Fsp3) is 0.846. The van der Waals surface area contributed by atoms with Crippen molar-refractivity contribution in [3.05, 3.63) is 0 Å². The highest BCUT2D eigenvalue weighted by Gasteiger charge is 2.26. The molecule has 1 rings (SSSR count). The Morgan fingerprint density at radius 3 is 2.33 bits per heavy atom. The van der Waals surface area contributed by atoms with E-state index in [4.69, 9.17) is 4.74 Å². The summed E-state index contributed by atoms with van der Waals surface area (Å²) < 4.78 is 5.17. The molecule has 0 saturated carbocycles. The van der Waals surface area contributed by atoms with Gasteiger partial charge in [-0.1, -0.05) is 13.3 Å². The van der Waals surface area contributed by atoms with Crippen molar-refractivity contribution in [2.24, 2.45) is 0 Å². The number of Topliss-reactive ketones (excluding diaryl/α,β-unsaturated/α-hetero) is 1. The number of ether oxygens (including phenoxy) is 1. The average Bonchev–Trinajstić information content (AvgIpc) is 2.38. The fourth-order valence-corrected chi connectivity index (χ4v) is 1.94. The lowest BCUT2D eigenvalue weighted by atomic mass is 10.2. The second-order valence-corrected chi connectivity index (χ2v) is 4.78. The summed E-state index contributed by atoms with van der Waals surface area (Å²) in [4.78, 5) is 26.8. The fourth-order valence-electron chi connectivity index (χ4n) is 1.94. The van der Waals surface area contributed by atoms with E-state index in [1.807, 2.05) is 6.92 Å². The van der Waals surface area contributed by atoms with Gasteiger partial charge < -0.3 is 9.64 Å². The summed E-state index contributed by atoms with van der Waals surface area (Å²) in [5.74, 6) is 0.175. The van der Waals surface area contributed by atoms with Gasteiger partial charge in [-0.3, -0.25) is 9.69 Å².